The summed E-state index contributed by atoms with van der Waals surface area (Å²) in [5, 5.41) is 13.1. The number of carbonyl (C=O) groups is 6. The van der Waals surface area contributed by atoms with Gasteiger partial charge in [0.15, 0.2) is 12.2 Å². The first-order valence-corrected chi connectivity index (χ1v) is 15.2. The number of esters is 6. The van der Waals surface area contributed by atoms with Gasteiger partial charge in [-0.15, -0.1) is 0 Å². The number of carbonyl (C=O) groups excluding carboxylic acids is 6. The second kappa shape index (κ2) is 11.9. The zero-order valence-electron chi connectivity index (χ0n) is 27.9. The van der Waals surface area contributed by atoms with Crippen LogP contribution in [0.2, 0.25) is 0 Å². The van der Waals surface area contributed by atoms with Crippen LogP contribution < -0.4 is 0 Å². The molecule has 1 aliphatic heterocycles. The molecule has 0 aromatic carbocycles. The standard InChI is InChI=1S/C32H44O14/c1-14-21(41-15(2)33)12-32(39)28(46-20(7)38)26-30(10,22(42-16(3)34)11-23(43-17(4)35)31(26)13-40-31)27(45-19(6)37)25(44-18(5)36)24(14)29(32,8)9/h21-23,25-28,39H,11-13H2,1-10H3. The molecule has 2 bridgehead atoms. The lowest BCUT2D eigenvalue weighted by molar-refractivity contribution is -0.284. The maximum absolute atomic E-state index is 13.1. The van der Waals surface area contributed by atoms with Crippen molar-refractivity contribution >= 4 is 35.8 Å². The number of ether oxygens (including phenoxy) is 7. The van der Waals surface area contributed by atoms with Gasteiger partial charge in [-0.05, 0) is 18.1 Å². The third-order valence-corrected chi connectivity index (χ3v) is 10.3. The van der Waals surface area contributed by atoms with Crippen LogP contribution in [0.3, 0.4) is 0 Å². The lowest BCUT2D eigenvalue weighted by Crippen LogP contribution is -2.76. The molecule has 0 aromatic rings. The van der Waals surface area contributed by atoms with Crippen molar-refractivity contribution in [3.63, 3.8) is 0 Å². The Labute approximate surface area is 267 Å². The van der Waals surface area contributed by atoms with Gasteiger partial charge in [-0.2, -0.15) is 0 Å². The highest BCUT2D eigenvalue weighted by Gasteiger charge is 2.80. The van der Waals surface area contributed by atoms with E-state index in [1.54, 1.807) is 27.7 Å². The van der Waals surface area contributed by atoms with Gasteiger partial charge in [-0.3, -0.25) is 28.8 Å². The van der Waals surface area contributed by atoms with Gasteiger partial charge in [0.2, 0.25) is 0 Å². The SMILES string of the molecule is CC(=O)OC1CC2(O)C(OC(C)=O)C3C4(CO4)C(OC(C)=O)CC(OC(C)=O)C3(C)C(OC(C)=O)C(OC(C)=O)C(=C1C)C2(C)C. The normalized spacial score (nSPS) is 39.1. The van der Waals surface area contributed by atoms with Crippen molar-refractivity contribution in [2.45, 2.75) is 130 Å². The van der Waals surface area contributed by atoms with Crippen LogP contribution in [0.25, 0.3) is 0 Å². The molecule has 0 amide bonds. The highest BCUT2D eigenvalue weighted by Crippen LogP contribution is 2.67. The van der Waals surface area contributed by atoms with E-state index in [2.05, 4.69) is 0 Å². The van der Waals surface area contributed by atoms with Gasteiger partial charge in [0.05, 0.1) is 12.0 Å². The average molecular weight is 653 g/mol. The fourth-order valence-electron chi connectivity index (χ4n) is 8.43. The second-order valence-electron chi connectivity index (χ2n) is 13.6. The molecule has 10 atom stereocenters. The molecule has 14 nitrogen and oxygen atoms in total. The second-order valence-corrected chi connectivity index (χ2v) is 13.6. The van der Waals surface area contributed by atoms with Gasteiger partial charge in [0, 0.05) is 65.7 Å². The minimum atomic E-state index is -2.09. The fourth-order valence-corrected chi connectivity index (χ4v) is 8.43. The van der Waals surface area contributed by atoms with Gasteiger partial charge in [-0.25, -0.2) is 0 Å². The van der Waals surface area contributed by atoms with Crippen LogP contribution >= 0.6 is 0 Å². The lowest BCUT2D eigenvalue weighted by atomic mass is 9.45. The van der Waals surface area contributed by atoms with E-state index in [0.29, 0.717) is 5.57 Å². The molecule has 2 saturated carbocycles. The van der Waals surface area contributed by atoms with E-state index in [4.69, 9.17) is 33.2 Å². The number of aliphatic hydroxyl groups is 1. The summed E-state index contributed by atoms with van der Waals surface area (Å²) in [5.41, 5.74) is -5.89. The molecule has 4 aliphatic rings. The number of hydrogen-bond donors (Lipinski definition) is 1. The molecule has 1 N–H and O–H groups in total. The monoisotopic (exact) mass is 652 g/mol. The van der Waals surface area contributed by atoms with Crippen molar-refractivity contribution in [2.75, 3.05) is 6.61 Å². The largest absolute Gasteiger partial charge is 0.462 e. The summed E-state index contributed by atoms with van der Waals surface area (Å²) in [7, 11) is 0. The highest BCUT2D eigenvalue weighted by atomic mass is 16.6. The Morgan fingerprint density at radius 2 is 1.15 bits per heavy atom. The van der Waals surface area contributed by atoms with Gasteiger partial charge < -0.3 is 38.3 Å². The van der Waals surface area contributed by atoms with Crippen LogP contribution in [0.4, 0.5) is 0 Å². The molecule has 1 saturated heterocycles. The topological polar surface area (TPSA) is 191 Å². The molecule has 3 aliphatic carbocycles. The summed E-state index contributed by atoms with van der Waals surface area (Å²) >= 11 is 0. The molecule has 10 unspecified atom stereocenters. The molecule has 256 valence electrons. The fraction of sp³-hybridized carbons (Fsp3) is 0.750. The van der Waals surface area contributed by atoms with Gasteiger partial charge in [0.25, 0.3) is 0 Å². The Morgan fingerprint density at radius 1 is 0.696 bits per heavy atom. The maximum atomic E-state index is 13.1. The van der Waals surface area contributed by atoms with Crippen LogP contribution in [0, 0.1) is 16.7 Å². The highest BCUT2D eigenvalue weighted by molar-refractivity contribution is 5.70. The summed E-state index contributed by atoms with van der Waals surface area (Å²) in [4.78, 5) is 76.1. The molecule has 3 fully saturated rings. The first-order valence-electron chi connectivity index (χ1n) is 15.2. The first kappa shape index (κ1) is 35.3. The van der Waals surface area contributed by atoms with Crippen molar-refractivity contribution in [2.24, 2.45) is 16.7 Å². The number of epoxide rings is 1. The smallest absolute Gasteiger partial charge is 0.303 e. The molecule has 0 radical (unpaired) electrons. The van der Waals surface area contributed by atoms with Gasteiger partial charge >= 0.3 is 35.8 Å². The summed E-state index contributed by atoms with van der Waals surface area (Å²) in [5.74, 6) is -5.60. The van der Waals surface area contributed by atoms with Crippen molar-refractivity contribution < 1.29 is 67.0 Å². The molecule has 4 rings (SSSR count). The molecule has 1 spiro atoms. The predicted molar refractivity (Wildman–Crippen MR) is 154 cm³/mol. The van der Waals surface area contributed by atoms with E-state index in [9.17, 15) is 33.9 Å². The molecule has 1 heterocycles. The van der Waals surface area contributed by atoms with E-state index in [-0.39, 0.29) is 25.0 Å². The Hall–Kier alpha value is -3.52. The van der Waals surface area contributed by atoms with Crippen LogP contribution in [0.1, 0.15) is 82.1 Å². The van der Waals surface area contributed by atoms with Crippen molar-refractivity contribution in [1.82, 2.24) is 0 Å². The van der Waals surface area contributed by atoms with Crippen LogP contribution in [-0.4, -0.2) is 95.4 Å². The van der Waals surface area contributed by atoms with Gasteiger partial charge in [-0.1, -0.05) is 20.8 Å². The first-order chi connectivity index (χ1) is 21.1. The molecule has 0 aromatic heterocycles. The Bertz CT molecular complexity index is 1360. The minimum absolute atomic E-state index is 0.0353. The minimum Gasteiger partial charge on any atom is -0.462 e. The van der Waals surface area contributed by atoms with Gasteiger partial charge in [0.1, 0.15) is 35.6 Å². The van der Waals surface area contributed by atoms with E-state index < -0.39 is 100 Å². The van der Waals surface area contributed by atoms with Crippen LogP contribution in [-0.2, 0) is 61.9 Å². The third-order valence-electron chi connectivity index (χ3n) is 10.3. The average Bonchev–Trinajstić information content (AvgIpc) is 3.67. The third kappa shape index (κ3) is 5.67. The Kier molecular flexibility index (Phi) is 9.16. The Balaban J connectivity index is 2.20. The summed E-state index contributed by atoms with van der Waals surface area (Å²) in [6, 6.07) is 0. The summed E-state index contributed by atoms with van der Waals surface area (Å²) in [6.07, 6.45) is -8.16. The van der Waals surface area contributed by atoms with Crippen LogP contribution in [0.5, 0.6) is 0 Å². The molecular formula is C32H44O14. The van der Waals surface area contributed by atoms with Crippen molar-refractivity contribution in [3.8, 4) is 0 Å². The zero-order chi connectivity index (χ0) is 34.7. The van der Waals surface area contributed by atoms with Crippen molar-refractivity contribution in [1.29, 1.82) is 0 Å². The molecule has 14 heteroatoms. The summed E-state index contributed by atoms with van der Waals surface area (Å²) < 4.78 is 41.5. The maximum Gasteiger partial charge on any atom is 0.303 e. The van der Waals surface area contributed by atoms with E-state index in [1.807, 2.05) is 0 Å². The van der Waals surface area contributed by atoms with Crippen molar-refractivity contribution in [3.05, 3.63) is 11.1 Å². The van der Waals surface area contributed by atoms with E-state index >= 15 is 0 Å². The van der Waals surface area contributed by atoms with E-state index in [1.165, 1.54) is 27.7 Å². The summed E-state index contributed by atoms with van der Waals surface area (Å²) in [6.45, 7) is 13.6. The number of fused-ring (bicyclic) bond motifs is 4. The molecule has 46 heavy (non-hydrogen) atoms. The Morgan fingerprint density at radius 3 is 1.61 bits per heavy atom. The van der Waals surface area contributed by atoms with E-state index in [0.717, 1.165) is 13.8 Å². The zero-order valence-corrected chi connectivity index (χ0v) is 27.9. The quantitative estimate of drug-likeness (QED) is 0.189. The van der Waals surface area contributed by atoms with Crippen LogP contribution in [0.15, 0.2) is 11.1 Å². The number of hydrogen-bond acceptors (Lipinski definition) is 14. The molecular weight excluding hydrogens is 608 g/mol. The lowest BCUT2D eigenvalue weighted by Gasteiger charge is -2.64. The number of rotatable bonds is 6. The predicted octanol–water partition coefficient (Wildman–Crippen LogP) is 1.86.